The molecule has 0 aliphatic rings. The van der Waals surface area contributed by atoms with E-state index in [-0.39, 0.29) is 0 Å². The fourth-order valence-electron chi connectivity index (χ4n) is 4.84. The molecule has 2 aromatic heterocycles. The highest BCUT2D eigenvalue weighted by Gasteiger charge is 2.29. The summed E-state index contributed by atoms with van der Waals surface area (Å²) in [6, 6.07) is 21.4. The van der Waals surface area contributed by atoms with E-state index in [1.54, 1.807) is 0 Å². The fourth-order valence-corrected chi connectivity index (χ4v) is 4.84. The topological polar surface area (TPSA) is 20.9 Å². The molecule has 0 saturated carbocycles. The van der Waals surface area contributed by atoms with Crippen LogP contribution in [0.15, 0.2) is 71.4 Å². The van der Waals surface area contributed by atoms with Gasteiger partial charge in [0.25, 0.3) is 5.69 Å². The molecule has 2 heterocycles. The normalized spacial score (nSPS) is 11.5. The fraction of sp³-hybridized carbons (Fsp3) is 0.185. The predicted octanol–water partition coefficient (Wildman–Crippen LogP) is 5.59. The van der Waals surface area contributed by atoms with Crippen molar-refractivity contribution < 1.29 is 13.8 Å². The number of nitrogens with zero attached hydrogens (tertiary/aromatic N) is 2. The van der Waals surface area contributed by atoms with E-state index in [4.69, 9.17) is 4.52 Å². The van der Waals surface area contributed by atoms with Gasteiger partial charge in [-0.15, -0.1) is 0 Å². The second-order valence-corrected chi connectivity index (χ2v) is 8.21. The van der Waals surface area contributed by atoms with Crippen LogP contribution in [0.1, 0.15) is 22.4 Å². The zero-order valence-electron chi connectivity index (χ0n) is 18.2. The first kappa shape index (κ1) is 18.6. The molecule has 0 atom stereocenters. The molecule has 0 aliphatic heterocycles. The lowest BCUT2D eigenvalue weighted by Crippen LogP contribution is -2.36. The van der Waals surface area contributed by atoms with Crippen molar-refractivity contribution in [3.63, 3.8) is 0 Å². The highest BCUT2D eigenvalue weighted by atomic mass is 16.5. The van der Waals surface area contributed by atoms with Gasteiger partial charge >= 0.3 is 0 Å². The summed E-state index contributed by atoms with van der Waals surface area (Å²) >= 11 is 0. The van der Waals surface area contributed by atoms with Crippen molar-refractivity contribution in [2.24, 2.45) is 7.05 Å². The first-order valence-corrected chi connectivity index (χ1v) is 10.4. The zero-order chi connectivity index (χ0) is 21.0. The maximum absolute atomic E-state index is 6.03. The van der Waals surface area contributed by atoms with Crippen molar-refractivity contribution in [2.75, 3.05) is 0 Å². The van der Waals surface area contributed by atoms with Crippen LogP contribution >= 0.6 is 0 Å². The molecule has 3 aromatic carbocycles. The summed E-state index contributed by atoms with van der Waals surface area (Å²) in [5.74, 6) is 0. The second-order valence-electron chi connectivity index (χ2n) is 8.21. The lowest BCUT2D eigenvalue weighted by molar-refractivity contribution is -0.832. The van der Waals surface area contributed by atoms with E-state index >= 15 is 0 Å². The van der Waals surface area contributed by atoms with Crippen LogP contribution in [0.25, 0.3) is 38.7 Å². The molecule has 30 heavy (non-hydrogen) atoms. The number of hydrogen-bond acceptors (Lipinski definition) is 1. The van der Waals surface area contributed by atoms with Crippen molar-refractivity contribution in [3.05, 3.63) is 89.2 Å². The van der Waals surface area contributed by atoms with Gasteiger partial charge in [-0.25, -0.2) is 4.52 Å². The molecule has 0 radical (unpaired) electrons. The summed E-state index contributed by atoms with van der Waals surface area (Å²) in [7, 11) is 1.99. The molecular weight excluding hydrogens is 368 g/mol. The summed E-state index contributed by atoms with van der Waals surface area (Å²) in [6.07, 6.45) is 2.26. The number of fused-ring (bicyclic) bond motifs is 2. The third kappa shape index (κ3) is 2.73. The molecule has 5 aromatic rings. The first-order valence-electron chi connectivity index (χ1n) is 10.4. The lowest BCUT2D eigenvalue weighted by Gasteiger charge is -2.13. The summed E-state index contributed by atoms with van der Waals surface area (Å²) in [4.78, 5) is 0. The van der Waals surface area contributed by atoms with Crippen LogP contribution in [0.5, 0.6) is 0 Å². The van der Waals surface area contributed by atoms with Gasteiger partial charge in [0.15, 0.2) is 18.9 Å². The molecule has 0 fully saturated rings. The van der Waals surface area contributed by atoms with Crippen LogP contribution in [0.4, 0.5) is 0 Å². The monoisotopic (exact) mass is 394 g/mol. The molecular formula is C27H26N2O+2. The Morgan fingerprint density at radius 3 is 2.27 bits per heavy atom. The second kappa shape index (κ2) is 6.81. The highest BCUT2D eigenvalue weighted by molar-refractivity contribution is 5.92. The number of aromatic nitrogens is 2. The Hall–Kier alpha value is -3.46. The minimum absolute atomic E-state index is 0.908. The number of benzene rings is 3. The summed E-state index contributed by atoms with van der Waals surface area (Å²) in [6.45, 7) is 8.80. The van der Waals surface area contributed by atoms with E-state index in [0.29, 0.717) is 0 Å². The van der Waals surface area contributed by atoms with Crippen LogP contribution in [-0.4, -0.2) is 0 Å². The maximum Gasteiger partial charge on any atom is 0.270 e. The molecule has 148 valence electrons. The Balaban J connectivity index is 1.84. The average Bonchev–Trinajstić information content (AvgIpc) is 3.04. The summed E-state index contributed by atoms with van der Waals surface area (Å²) < 4.78 is 10.3. The third-order valence-electron chi connectivity index (χ3n) is 6.11. The van der Waals surface area contributed by atoms with Crippen molar-refractivity contribution in [1.29, 1.82) is 0 Å². The van der Waals surface area contributed by atoms with Gasteiger partial charge in [-0.2, -0.15) is 4.57 Å². The Bertz CT molecular complexity index is 1440. The largest absolute Gasteiger partial charge is 0.270 e. The predicted molar refractivity (Wildman–Crippen MR) is 121 cm³/mol. The molecule has 3 heteroatoms. The molecule has 5 rings (SSSR count). The molecule has 3 nitrogen and oxygen atoms in total. The quantitative estimate of drug-likeness (QED) is 0.358. The highest BCUT2D eigenvalue weighted by Crippen LogP contribution is 2.34. The summed E-state index contributed by atoms with van der Waals surface area (Å²) in [5.41, 5.74) is 9.52. The number of aryl methyl sites for hydroxylation is 4. The maximum atomic E-state index is 6.03. The van der Waals surface area contributed by atoms with Gasteiger partial charge < -0.3 is 0 Å². The minimum Gasteiger partial charge on any atom is -0.236 e. The molecule has 0 aliphatic carbocycles. The van der Waals surface area contributed by atoms with Gasteiger partial charge in [-0.1, -0.05) is 30.3 Å². The van der Waals surface area contributed by atoms with Gasteiger partial charge in [0.2, 0.25) is 11.3 Å². The molecule has 0 amide bonds. The number of hydrogen-bond donors (Lipinski definition) is 0. The SMILES string of the molecule is Cc1cc(C)c(-[n+]2cc3ccccc3cc2C)c(C)c1-c1c2ccccc2o[n+]1C. The van der Waals surface area contributed by atoms with Gasteiger partial charge in [-0.05, 0) is 60.7 Å². The minimum atomic E-state index is 0.908. The van der Waals surface area contributed by atoms with Crippen molar-refractivity contribution >= 4 is 21.7 Å². The molecule has 0 N–H and O–H groups in total. The smallest absolute Gasteiger partial charge is 0.236 e. The van der Waals surface area contributed by atoms with Crippen LogP contribution in [-0.2, 0) is 7.05 Å². The Kier molecular flexibility index (Phi) is 4.21. The molecule has 0 unspecified atom stereocenters. The van der Waals surface area contributed by atoms with Gasteiger partial charge in [0.05, 0.1) is 5.56 Å². The number of para-hydroxylation sites is 1. The number of rotatable bonds is 2. The summed E-state index contributed by atoms with van der Waals surface area (Å²) in [5, 5.41) is 3.64. The van der Waals surface area contributed by atoms with Gasteiger partial charge in [0, 0.05) is 29.5 Å². The van der Waals surface area contributed by atoms with Crippen molar-refractivity contribution in [2.45, 2.75) is 27.7 Å². The standard InChI is InChI=1S/C27H26N2O/c1-17-14-18(2)26(29-16-22-11-7-6-10-21(22)15-19(29)3)20(4)25(17)27-23-12-8-9-13-24(23)30-28(27)5/h6-16H,1-5H3/q+2. The van der Waals surface area contributed by atoms with Crippen LogP contribution in [0.2, 0.25) is 0 Å². The van der Waals surface area contributed by atoms with E-state index in [9.17, 15) is 0 Å². The zero-order valence-corrected chi connectivity index (χ0v) is 18.2. The van der Waals surface area contributed by atoms with Crippen LogP contribution in [0.3, 0.4) is 0 Å². The lowest BCUT2D eigenvalue weighted by atomic mass is 9.93. The van der Waals surface area contributed by atoms with E-state index in [1.807, 2.05) is 23.9 Å². The third-order valence-corrected chi connectivity index (χ3v) is 6.11. The van der Waals surface area contributed by atoms with E-state index < -0.39 is 0 Å². The molecule has 0 spiro atoms. The van der Waals surface area contributed by atoms with Gasteiger partial charge in [-0.3, -0.25) is 0 Å². The molecule has 0 bridgehead atoms. The van der Waals surface area contributed by atoms with Crippen molar-refractivity contribution in [1.82, 2.24) is 0 Å². The Labute approximate surface area is 176 Å². The van der Waals surface area contributed by atoms with Crippen LogP contribution in [0, 0.1) is 27.7 Å². The Morgan fingerprint density at radius 1 is 0.767 bits per heavy atom. The first-order chi connectivity index (χ1) is 14.5. The van der Waals surface area contributed by atoms with Crippen molar-refractivity contribution in [3.8, 4) is 16.9 Å². The van der Waals surface area contributed by atoms with Gasteiger partial charge in [0.1, 0.15) is 5.39 Å². The number of pyridine rings is 1. The van der Waals surface area contributed by atoms with E-state index in [2.05, 4.69) is 87.0 Å². The van der Waals surface area contributed by atoms with E-state index in [0.717, 1.165) is 16.7 Å². The van der Waals surface area contributed by atoms with Crippen LogP contribution < -0.4 is 9.31 Å². The molecule has 0 saturated heterocycles. The Morgan fingerprint density at radius 2 is 1.47 bits per heavy atom. The average molecular weight is 395 g/mol. The van der Waals surface area contributed by atoms with E-state index in [1.165, 1.54) is 44.4 Å².